The van der Waals surface area contributed by atoms with Gasteiger partial charge < -0.3 is 20.1 Å². The average Bonchev–Trinajstić information content (AvgIpc) is 2.78. The highest BCUT2D eigenvalue weighted by atomic mass is 16.5. The van der Waals surface area contributed by atoms with Gasteiger partial charge in [0.25, 0.3) is 5.91 Å². The molecule has 2 aromatic carbocycles. The molecule has 2 N–H and O–H groups in total. The van der Waals surface area contributed by atoms with Gasteiger partial charge in [-0.2, -0.15) is 0 Å². The summed E-state index contributed by atoms with van der Waals surface area (Å²) in [4.78, 5) is 16.7. The number of methoxy groups -OCH3 is 2. The number of carbonyl (C=O) groups excluding carboxylic acids is 1. The molecule has 1 amide bonds. The molecule has 29 heavy (non-hydrogen) atoms. The Hall–Kier alpha value is -3.54. The van der Waals surface area contributed by atoms with Crippen molar-refractivity contribution in [2.24, 2.45) is 0 Å². The summed E-state index contributed by atoms with van der Waals surface area (Å²) in [6.45, 7) is 1.17. The van der Waals surface area contributed by atoms with Crippen LogP contribution in [0.2, 0.25) is 0 Å². The van der Waals surface area contributed by atoms with Crippen molar-refractivity contribution in [1.29, 1.82) is 0 Å². The zero-order valence-electron chi connectivity index (χ0n) is 16.6. The largest absolute Gasteiger partial charge is 0.493 e. The molecule has 0 bridgehead atoms. The molecule has 0 aliphatic carbocycles. The molecule has 0 atom stereocenters. The van der Waals surface area contributed by atoms with E-state index in [0.717, 1.165) is 17.5 Å². The van der Waals surface area contributed by atoms with E-state index in [0.29, 0.717) is 36.0 Å². The summed E-state index contributed by atoms with van der Waals surface area (Å²) in [6.07, 6.45) is 2.42. The highest BCUT2D eigenvalue weighted by molar-refractivity contribution is 5.94. The number of ether oxygens (including phenoxy) is 2. The molecule has 150 valence electrons. The number of aromatic nitrogens is 1. The maximum absolute atomic E-state index is 12.4. The second-order valence-corrected chi connectivity index (χ2v) is 6.46. The van der Waals surface area contributed by atoms with Crippen molar-refractivity contribution in [3.8, 4) is 11.5 Å². The molecule has 0 radical (unpaired) electrons. The number of nitrogens with one attached hydrogen (secondary N) is 2. The van der Waals surface area contributed by atoms with E-state index in [1.807, 2.05) is 48.5 Å². The van der Waals surface area contributed by atoms with Gasteiger partial charge in [0, 0.05) is 24.8 Å². The van der Waals surface area contributed by atoms with Gasteiger partial charge >= 0.3 is 0 Å². The van der Waals surface area contributed by atoms with E-state index in [9.17, 15) is 4.79 Å². The van der Waals surface area contributed by atoms with Gasteiger partial charge in [0.1, 0.15) is 5.82 Å². The van der Waals surface area contributed by atoms with Gasteiger partial charge in [0.15, 0.2) is 11.5 Å². The molecule has 6 nitrogen and oxygen atoms in total. The van der Waals surface area contributed by atoms with Gasteiger partial charge in [-0.3, -0.25) is 4.79 Å². The Morgan fingerprint density at radius 2 is 1.72 bits per heavy atom. The van der Waals surface area contributed by atoms with Crippen molar-refractivity contribution < 1.29 is 14.3 Å². The summed E-state index contributed by atoms with van der Waals surface area (Å²) in [5.41, 5.74) is 2.75. The van der Waals surface area contributed by atoms with Gasteiger partial charge in [0.05, 0.1) is 14.2 Å². The number of hydrogen-bond acceptors (Lipinski definition) is 5. The molecule has 0 saturated heterocycles. The highest BCUT2D eigenvalue weighted by Crippen LogP contribution is 2.27. The predicted molar refractivity (Wildman–Crippen MR) is 114 cm³/mol. The quantitative estimate of drug-likeness (QED) is 0.582. The first-order valence-electron chi connectivity index (χ1n) is 9.42. The van der Waals surface area contributed by atoms with E-state index in [1.165, 1.54) is 0 Å². The van der Waals surface area contributed by atoms with Crippen LogP contribution in [0.1, 0.15) is 21.5 Å². The molecule has 3 aromatic rings. The Morgan fingerprint density at radius 1 is 0.931 bits per heavy atom. The number of anilines is 1. The first-order chi connectivity index (χ1) is 14.2. The Kier molecular flexibility index (Phi) is 7.05. The fourth-order valence-electron chi connectivity index (χ4n) is 2.92. The Balaban J connectivity index is 1.54. The lowest BCUT2D eigenvalue weighted by molar-refractivity contribution is 0.0951. The Morgan fingerprint density at radius 3 is 2.48 bits per heavy atom. The lowest BCUT2D eigenvalue weighted by atomic mass is 10.1. The molecule has 1 aromatic heterocycles. The summed E-state index contributed by atoms with van der Waals surface area (Å²) < 4.78 is 10.6. The SMILES string of the molecule is COc1ccc(CCNc2cc(C(=O)NCc3ccccc3)ccn2)cc1OC. The van der Waals surface area contributed by atoms with Crippen LogP contribution in [0, 0.1) is 0 Å². The van der Waals surface area contributed by atoms with Gasteiger partial charge in [-0.15, -0.1) is 0 Å². The zero-order valence-corrected chi connectivity index (χ0v) is 16.6. The van der Waals surface area contributed by atoms with E-state index in [2.05, 4.69) is 15.6 Å². The summed E-state index contributed by atoms with van der Waals surface area (Å²) >= 11 is 0. The van der Waals surface area contributed by atoms with Crippen LogP contribution in [0.15, 0.2) is 66.9 Å². The summed E-state index contributed by atoms with van der Waals surface area (Å²) in [7, 11) is 3.24. The zero-order chi connectivity index (χ0) is 20.5. The molecule has 0 spiro atoms. The van der Waals surface area contributed by atoms with Gasteiger partial charge in [-0.05, 0) is 41.8 Å². The van der Waals surface area contributed by atoms with Crippen LogP contribution in [-0.4, -0.2) is 31.7 Å². The fourth-order valence-corrected chi connectivity index (χ4v) is 2.92. The number of benzene rings is 2. The highest BCUT2D eigenvalue weighted by Gasteiger charge is 2.08. The molecule has 0 fully saturated rings. The molecule has 6 heteroatoms. The second kappa shape index (κ2) is 10.1. The van der Waals surface area contributed by atoms with Crippen LogP contribution in [-0.2, 0) is 13.0 Å². The van der Waals surface area contributed by atoms with Crippen LogP contribution in [0.25, 0.3) is 0 Å². The van der Waals surface area contributed by atoms with E-state index in [1.54, 1.807) is 32.5 Å². The van der Waals surface area contributed by atoms with Gasteiger partial charge in [-0.1, -0.05) is 36.4 Å². The minimum Gasteiger partial charge on any atom is -0.493 e. The van der Waals surface area contributed by atoms with E-state index in [4.69, 9.17) is 9.47 Å². The first-order valence-corrected chi connectivity index (χ1v) is 9.42. The number of carbonyl (C=O) groups is 1. The van der Waals surface area contributed by atoms with E-state index in [-0.39, 0.29) is 5.91 Å². The van der Waals surface area contributed by atoms with E-state index < -0.39 is 0 Å². The number of pyridine rings is 1. The van der Waals surface area contributed by atoms with Crippen LogP contribution < -0.4 is 20.1 Å². The van der Waals surface area contributed by atoms with Gasteiger partial charge in [-0.25, -0.2) is 4.98 Å². The Labute approximate surface area is 170 Å². The maximum Gasteiger partial charge on any atom is 0.251 e. The van der Waals surface area contributed by atoms with Crippen LogP contribution in [0.5, 0.6) is 11.5 Å². The lowest BCUT2D eigenvalue weighted by Crippen LogP contribution is -2.23. The average molecular weight is 391 g/mol. The van der Waals surface area contributed by atoms with Crippen molar-refractivity contribution in [1.82, 2.24) is 10.3 Å². The third-order valence-electron chi connectivity index (χ3n) is 4.49. The molecular weight excluding hydrogens is 366 g/mol. The lowest BCUT2D eigenvalue weighted by Gasteiger charge is -2.11. The topological polar surface area (TPSA) is 72.5 Å². The van der Waals surface area contributed by atoms with E-state index >= 15 is 0 Å². The molecule has 3 rings (SSSR count). The maximum atomic E-state index is 12.4. The minimum atomic E-state index is -0.126. The molecular formula is C23H25N3O3. The number of nitrogens with zero attached hydrogens (tertiary/aromatic N) is 1. The first kappa shape index (κ1) is 20.2. The van der Waals surface area contributed by atoms with Crippen molar-refractivity contribution >= 4 is 11.7 Å². The van der Waals surface area contributed by atoms with Gasteiger partial charge in [0.2, 0.25) is 0 Å². The number of amides is 1. The Bertz CT molecular complexity index is 945. The predicted octanol–water partition coefficient (Wildman–Crippen LogP) is 3.68. The third-order valence-corrected chi connectivity index (χ3v) is 4.49. The molecule has 0 aliphatic heterocycles. The van der Waals surface area contributed by atoms with Crippen LogP contribution in [0.4, 0.5) is 5.82 Å². The van der Waals surface area contributed by atoms with Crippen molar-refractivity contribution in [2.75, 3.05) is 26.1 Å². The molecule has 0 saturated carbocycles. The van der Waals surface area contributed by atoms with Crippen molar-refractivity contribution in [2.45, 2.75) is 13.0 Å². The number of hydrogen-bond donors (Lipinski definition) is 2. The normalized spacial score (nSPS) is 10.3. The molecule has 0 unspecified atom stereocenters. The smallest absolute Gasteiger partial charge is 0.251 e. The van der Waals surface area contributed by atoms with Crippen molar-refractivity contribution in [3.05, 3.63) is 83.6 Å². The van der Waals surface area contributed by atoms with Crippen molar-refractivity contribution in [3.63, 3.8) is 0 Å². The second-order valence-electron chi connectivity index (χ2n) is 6.46. The monoisotopic (exact) mass is 391 g/mol. The van der Waals surface area contributed by atoms with Crippen LogP contribution in [0.3, 0.4) is 0 Å². The summed E-state index contributed by atoms with van der Waals surface area (Å²) in [5, 5.41) is 6.19. The molecule has 1 heterocycles. The minimum absolute atomic E-state index is 0.126. The number of rotatable bonds is 9. The molecule has 0 aliphatic rings. The summed E-state index contributed by atoms with van der Waals surface area (Å²) in [6, 6.07) is 19.1. The van der Waals surface area contributed by atoms with Crippen LogP contribution >= 0.6 is 0 Å². The standard InChI is InChI=1S/C23H25N3O3/c1-28-20-9-8-17(14-21(20)29-2)10-12-24-22-15-19(11-13-25-22)23(27)26-16-18-6-4-3-5-7-18/h3-9,11,13-15H,10,12,16H2,1-2H3,(H,24,25)(H,26,27). The summed E-state index contributed by atoms with van der Waals surface area (Å²) in [5.74, 6) is 1.96. The fraction of sp³-hybridized carbons (Fsp3) is 0.217. The third kappa shape index (κ3) is 5.72.